The Balaban J connectivity index is 1.65. The molecule has 1 aromatic heterocycles. The number of benzene rings is 5. The maximum atomic E-state index is 3.70. The first-order valence-corrected chi connectivity index (χ1v) is 12.1. The maximum absolute atomic E-state index is 3.70. The van der Waals surface area contributed by atoms with Gasteiger partial charge in [-0.15, -0.1) is 11.3 Å². The van der Waals surface area contributed by atoms with Gasteiger partial charge in [-0.1, -0.05) is 91.0 Å². The number of para-hydroxylation sites is 2. The monoisotopic (exact) mass is 439 g/mol. The molecule has 0 saturated heterocycles. The molecule has 0 radical (unpaired) electrons. The molecule has 1 aliphatic heterocycles. The Morgan fingerprint density at radius 2 is 1.09 bits per heavy atom. The molecule has 1 aliphatic rings. The second kappa shape index (κ2) is 7.06. The van der Waals surface area contributed by atoms with Crippen molar-refractivity contribution in [1.82, 2.24) is 0 Å². The smallest absolute Gasteiger partial charge is 0.0742 e. The zero-order chi connectivity index (χ0) is 21.8. The zero-order valence-corrected chi connectivity index (χ0v) is 18.8. The summed E-state index contributed by atoms with van der Waals surface area (Å²) in [6.07, 6.45) is 0. The summed E-state index contributed by atoms with van der Waals surface area (Å²) >= 11 is 1.87. The van der Waals surface area contributed by atoms with E-state index in [0.717, 1.165) is 11.4 Å². The Kier molecular flexibility index (Phi) is 3.99. The van der Waals surface area contributed by atoms with Gasteiger partial charge in [0.1, 0.15) is 0 Å². The maximum Gasteiger partial charge on any atom is 0.0742 e. The van der Waals surface area contributed by atoms with Crippen molar-refractivity contribution in [2.75, 3.05) is 5.32 Å². The molecule has 33 heavy (non-hydrogen) atoms. The minimum atomic E-state index is -0.406. The molecule has 0 unspecified atom stereocenters. The van der Waals surface area contributed by atoms with Crippen LogP contribution in [-0.4, -0.2) is 0 Å². The molecule has 0 aliphatic carbocycles. The SMILES string of the molecule is c1ccc(C2(c3ccc4sc5ccccc5c4c3)c3ccccc3Nc3ccccc32)cc1. The quantitative estimate of drug-likeness (QED) is 0.285. The van der Waals surface area contributed by atoms with Gasteiger partial charge in [0.15, 0.2) is 0 Å². The summed E-state index contributed by atoms with van der Waals surface area (Å²) in [4.78, 5) is 0. The largest absolute Gasteiger partial charge is 0.355 e. The topological polar surface area (TPSA) is 12.0 Å². The molecule has 0 atom stereocenters. The number of anilines is 2. The highest BCUT2D eigenvalue weighted by Gasteiger charge is 2.43. The van der Waals surface area contributed by atoms with Gasteiger partial charge in [-0.3, -0.25) is 0 Å². The molecule has 0 fully saturated rings. The van der Waals surface area contributed by atoms with E-state index in [-0.39, 0.29) is 0 Å². The van der Waals surface area contributed by atoms with Crippen LogP contribution in [0.2, 0.25) is 0 Å². The zero-order valence-electron chi connectivity index (χ0n) is 18.0. The van der Waals surface area contributed by atoms with Gasteiger partial charge in [0.05, 0.1) is 5.41 Å². The average Bonchev–Trinajstić information content (AvgIpc) is 3.26. The van der Waals surface area contributed by atoms with Crippen LogP contribution in [0.25, 0.3) is 20.2 Å². The van der Waals surface area contributed by atoms with Crippen molar-refractivity contribution in [1.29, 1.82) is 0 Å². The lowest BCUT2D eigenvalue weighted by atomic mass is 9.63. The van der Waals surface area contributed by atoms with Gasteiger partial charge in [0.25, 0.3) is 0 Å². The predicted molar refractivity (Wildman–Crippen MR) is 141 cm³/mol. The van der Waals surface area contributed by atoms with Crippen molar-refractivity contribution in [3.05, 3.63) is 144 Å². The van der Waals surface area contributed by atoms with E-state index in [1.165, 1.54) is 42.4 Å². The van der Waals surface area contributed by atoms with E-state index in [1.54, 1.807) is 0 Å². The fraction of sp³-hybridized carbons (Fsp3) is 0.0323. The van der Waals surface area contributed by atoms with Crippen molar-refractivity contribution in [3.63, 3.8) is 0 Å². The second-order valence-corrected chi connectivity index (χ2v) is 9.73. The van der Waals surface area contributed by atoms with Gasteiger partial charge in [-0.25, -0.2) is 0 Å². The van der Waals surface area contributed by atoms with E-state index < -0.39 is 5.41 Å². The Labute approximate surface area is 197 Å². The number of fused-ring (bicyclic) bond motifs is 5. The Morgan fingerprint density at radius 3 is 1.85 bits per heavy atom. The lowest BCUT2D eigenvalue weighted by Crippen LogP contribution is -2.35. The van der Waals surface area contributed by atoms with Crippen LogP contribution < -0.4 is 5.32 Å². The summed E-state index contributed by atoms with van der Waals surface area (Å²) in [6.45, 7) is 0. The number of nitrogens with one attached hydrogen (secondary N) is 1. The lowest BCUT2D eigenvalue weighted by molar-refractivity contribution is 0.742. The normalized spacial score (nSPS) is 13.9. The molecule has 6 aromatic rings. The van der Waals surface area contributed by atoms with Crippen LogP contribution in [0.4, 0.5) is 11.4 Å². The van der Waals surface area contributed by atoms with E-state index in [9.17, 15) is 0 Å². The minimum Gasteiger partial charge on any atom is -0.355 e. The molecule has 2 heterocycles. The molecular formula is C31H21NS. The highest BCUT2D eigenvalue weighted by molar-refractivity contribution is 7.25. The Bertz CT molecular complexity index is 1600. The van der Waals surface area contributed by atoms with Crippen LogP contribution in [-0.2, 0) is 5.41 Å². The molecule has 1 N–H and O–H groups in total. The van der Waals surface area contributed by atoms with Crippen molar-refractivity contribution in [2.45, 2.75) is 5.41 Å². The molecule has 0 saturated carbocycles. The summed E-state index contributed by atoms with van der Waals surface area (Å²) in [5.74, 6) is 0. The average molecular weight is 440 g/mol. The van der Waals surface area contributed by atoms with Gasteiger partial charge in [0.2, 0.25) is 0 Å². The van der Waals surface area contributed by atoms with Gasteiger partial charge >= 0.3 is 0 Å². The van der Waals surface area contributed by atoms with Crippen LogP contribution in [0.15, 0.2) is 121 Å². The summed E-state index contributed by atoms with van der Waals surface area (Å²) in [7, 11) is 0. The molecule has 0 amide bonds. The molecule has 7 rings (SSSR count). The molecule has 156 valence electrons. The summed E-state index contributed by atoms with van der Waals surface area (Å²) in [6, 6.07) is 44.3. The van der Waals surface area contributed by atoms with E-state index in [1.807, 2.05) is 11.3 Å². The van der Waals surface area contributed by atoms with Crippen LogP contribution in [0.1, 0.15) is 22.3 Å². The number of hydrogen-bond acceptors (Lipinski definition) is 2. The second-order valence-electron chi connectivity index (χ2n) is 8.64. The fourth-order valence-electron chi connectivity index (χ4n) is 5.56. The van der Waals surface area contributed by atoms with Crippen LogP contribution in [0.5, 0.6) is 0 Å². The van der Waals surface area contributed by atoms with E-state index in [2.05, 4.69) is 127 Å². The molecule has 0 bridgehead atoms. The van der Waals surface area contributed by atoms with Gasteiger partial charge in [-0.2, -0.15) is 0 Å². The standard InChI is InChI=1S/C31H21NS/c1-2-10-21(11-3-1)31(22-18-19-30-24(20-22)23-12-4-9-17-29(23)33-30)25-13-5-7-15-27(25)32-28-16-8-6-14-26(28)31/h1-20,32H. The predicted octanol–water partition coefficient (Wildman–Crippen LogP) is 8.49. The number of rotatable bonds is 2. The molecule has 5 aromatic carbocycles. The first-order chi connectivity index (χ1) is 16.4. The molecular weight excluding hydrogens is 418 g/mol. The fourth-order valence-corrected chi connectivity index (χ4v) is 6.65. The lowest BCUT2D eigenvalue weighted by Gasteiger charge is -2.42. The van der Waals surface area contributed by atoms with Gasteiger partial charge in [0, 0.05) is 31.5 Å². The highest BCUT2D eigenvalue weighted by Crippen LogP contribution is 2.54. The van der Waals surface area contributed by atoms with E-state index >= 15 is 0 Å². The molecule has 2 heteroatoms. The Morgan fingerprint density at radius 1 is 0.485 bits per heavy atom. The third kappa shape index (κ3) is 2.59. The third-order valence-electron chi connectivity index (χ3n) is 6.95. The first kappa shape index (κ1) is 18.7. The minimum absolute atomic E-state index is 0.406. The Hall–Kier alpha value is -3.88. The van der Waals surface area contributed by atoms with Crippen LogP contribution >= 0.6 is 11.3 Å². The van der Waals surface area contributed by atoms with Crippen molar-refractivity contribution >= 4 is 42.9 Å². The van der Waals surface area contributed by atoms with Crippen molar-refractivity contribution < 1.29 is 0 Å². The van der Waals surface area contributed by atoms with E-state index in [4.69, 9.17) is 0 Å². The summed E-state index contributed by atoms with van der Waals surface area (Å²) in [5, 5.41) is 6.36. The molecule has 1 nitrogen and oxygen atoms in total. The number of hydrogen-bond donors (Lipinski definition) is 1. The third-order valence-corrected chi connectivity index (χ3v) is 8.10. The number of thiophene rings is 1. The summed E-state index contributed by atoms with van der Waals surface area (Å²) in [5.41, 5.74) is 7.07. The van der Waals surface area contributed by atoms with Crippen molar-refractivity contribution in [3.8, 4) is 0 Å². The summed E-state index contributed by atoms with van der Waals surface area (Å²) < 4.78 is 2.67. The highest BCUT2D eigenvalue weighted by atomic mass is 32.1. The van der Waals surface area contributed by atoms with Gasteiger partial charge in [-0.05, 0) is 52.6 Å². The molecule has 0 spiro atoms. The first-order valence-electron chi connectivity index (χ1n) is 11.3. The van der Waals surface area contributed by atoms with Crippen molar-refractivity contribution in [2.24, 2.45) is 0 Å². The van der Waals surface area contributed by atoms with Gasteiger partial charge < -0.3 is 5.32 Å². The van der Waals surface area contributed by atoms with Crippen LogP contribution in [0.3, 0.4) is 0 Å². The van der Waals surface area contributed by atoms with Crippen LogP contribution in [0, 0.1) is 0 Å². The van der Waals surface area contributed by atoms with E-state index in [0.29, 0.717) is 0 Å².